The second-order valence-corrected chi connectivity index (χ2v) is 4.75. The predicted molar refractivity (Wildman–Crippen MR) is 66.9 cm³/mol. The third-order valence-electron chi connectivity index (χ3n) is 2.53. The largest absolute Gasteiger partial charge is 0.481 e. The van der Waals surface area contributed by atoms with Gasteiger partial charge in [-0.05, 0) is 25.2 Å². The standard InChI is InChI=1S/C12H24N2O3/c1-9(2)5-4-7-13-12(17)14-8-6-10(3)11(15)16/h9-10H,4-8H2,1-3H3,(H,15,16)(H2,13,14,17). The Labute approximate surface area is 103 Å². The van der Waals surface area contributed by atoms with Gasteiger partial charge in [-0.1, -0.05) is 20.8 Å². The molecule has 0 saturated carbocycles. The lowest BCUT2D eigenvalue weighted by Gasteiger charge is -2.09. The molecule has 1 unspecified atom stereocenters. The summed E-state index contributed by atoms with van der Waals surface area (Å²) < 4.78 is 0. The summed E-state index contributed by atoms with van der Waals surface area (Å²) in [6.07, 6.45) is 2.52. The zero-order chi connectivity index (χ0) is 13.3. The number of carbonyl (C=O) groups excluding carboxylic acids is 1. The van der Waals surface area contributed by atoms with Gasteiger partial charge in [-0.2, -0.15) is 0 Å². The molecule has 0 aliphatic heterocycles. The van der Waals surface area contributed by atoms with Crippen molar-refractivity contribution >= 4 is 12.0 Å². The number of hydrogen-bond donors (Lipinski definition) is 3. The Hall–Kier alpha value is -1.26. The molecular formula is C12H24N2O3. The van der Waals surface area contributed by atoms with Crippen LogP contribution in [0.4, 0.5) is 4.79 Å². The molecule has 0 aliphatic rings. The van der Waals surface area contributed by atoms with Gasteiger partial charge in [-0.3, -0.25) is 4.79 Å². The van der Waals surface area contributed by atoms with E-state index in [-0.39, 0.29) is 6.03 Å². The van der Waals surface area contributed by atoms with Crippen LogP contribution in [0.25, 0.3) is 0 Å². The van der Waals surface area contributed by atoms with Crippen molar-refractivity contribution < 1.29 is 14.7 Å². The molecule has 0 aromatic carbocycles. The summed E-state index contributed by atoms with van der Waals surface area (Å²) in [6.45, 7) is 6.98. The summed E-state index contributed by atoms with van der Waals surface area (Å²) in [5.74, 6) is -0.600. The highest BCUT2D eigenvalue weighted by Gasteiger charge is 2.10. The molecule has 0 heterocycles. The van der Waals surface area contributed by atoms with Crippen LogP contribution in [-0.2, 0) is 4.79 Å². The summed E-state index contributed by atoms with van der Waals surface area (Å²) in [6, 6.07) is -0.216. The number of nitrogens with one attached hydrogen (secondary N) is 2. The van der Waals surface area contributed by atoms with Crippen molar-refractivity contribution in [3.05, 3.63) is 0 Å². The van der Waals surface area contributed by atoms with Crippen LogP contribution >= 0.6 is 0 Å². The van der Waals surface area contributed by atoms with Gasteiger partial charge in [-0.25, -0.2) is 4.79 Å². The summed E-state index contributed by atoms with van der Waals surface area (Å²) in [7, 11) is 0. The van der Waals surface area contributed by atoms with E-state index in [0.717, 1.165) is 12.8 Å². The van der Waals surface area contributed by atoms with Crippen molar-refractivity contribution in [2.75, 3.05) is 13.1 Å². The lowest BCUT2D eigenvalue weighted by molar-refractivity contribution is -0.141. The van der Waals surface area contributed by atoms with Gasteiger partial charge in [-0.15, -0.1) is 0 Å². The van der Waals surface area contributed by atoms with Crippen LogP contribution in [0.5, 0.6) is 0 Å². The fourth-order valence-electron chi connectivity index (χ4n) is 1.30. The highest BCUT2D eigenvalue weighted by molar-refractivity contribution is 5.74. The second-order valence-electron chi connectivity index (χ2n) is 4.75. The fraction of sp³-hybridized carbons (Fsp3) is 0.833. The van der Waals surface area contributed by atoms with Gasteiger partial charge in [0.15, 0.2) is 0 Å². The highest BCUT2D eigenvalue weighted by Crippen LogP contribution is 2.01. The van der Waals surface area contributed by atoms with Crippen molar-refractivity contribution in [1.29, 1.82) is 0 Å². The van der Waals surface area contributed by atoms with Crippen LogP contribution in [0.3, 0.4) is 0 Å². The molecule has 0 aromatic heterocycles. The molecule has 0 aliphatic carbocycles. The molecule has 1 atom stereocenters. The third-order valence-corrected chi connectivity index (χ3v) is 2.53. The first kappa shape index (κ1) is 15.7. The molecule has 2 amide bonds. The Balaban J connectivity index is 3.44. The molecular weight excluding hydrogens is 220 g/mol. The Morgan fingerprint density at radius 2 is 1.65 bits per heavy atom. The first-order valence-electron chi connectivity index (χ1n) is 6.18. The molecule has 0 saturated heterocycles. The number of carbonyl (C=O) groups is 2. The molecule has 17 heavy (non-hydrogen) atoms. The van der Waals surface area contributed by atoms with Crippen molar-refractivity contribution in [1.82, 2.24) is 10.6 Å². The van der Waals surface area contributed by atoms with E-state index in [9.17, 15) is 9.59 Å². The molecule has 0 spiro atoms. The van der Waals surface area contributed by atoms with Crippen LogP contribution in [0, 0.1) is 11.8 Å². The zero-order valence-electron chi connectivity index (χ0n) is 11.0. The molecule has 5 heteroatoms. The average molecular weight is 244 g/mol. The van der Waals surface area contributed by atoms with Crippen molar-refractivity contribution in [3.8, 4) is 0 Å². The predicted octanol–water partition coefficient (Wildman–Crippen LogP) is 1.83. The maximum Gasteiger partial charge on any atom is 0.314 e. The minimum absolute atomic E-state index is 0.216. The molecule has 0 aromatic rings. The van der Waals surface area contributed by atoms with Crippen LogP contribution in [0.1, 0.15) is 40.0 Å². The van der Waals surface area contributed by atoms with Gasteiger partial charge in [0.05, 0.1) is 5.92 Å². The number of aliphatic carboxylic acids is 1. The van der Waals surface area contributed by atoms with E-state index in [0.29, 0.717) is 25.4 Å². The second kappa shape index (κ2) is 8.84. The number of urea groups is 1. The molecule has 0 rings (SSSR count). The van der Waals surface area contributed by atoms with Crippen LogP contribution < -0.4 is 10.6 Å². The lowest BCUT2D eigenvalue weighted by Crippen LogP contribution is -2.37. The van der Waals surface area contributed by atoms with Gasteiger partial charge in [0.25, 0.3) is 0 Å². The maximum absolute atomic E-state index is 11.3. The van der Waals surface area contributed by atoms with Gasteiger partial charge >= 0.3 is 12.0 Å². The molecule has 0 fully saturated rings. The summed E-state index contributed by atoms with van der Waals surface area (Å²) in [4.78, 5) is 21.8. The van der Waals surface area contributed by atoms with Crippen LogP contribution in [0.2, 0.25) is 0 Å². The zero-order valence-corrected chi connectivity index (χ0v) is 11.0. The SMILES string of the molecule is CC(C)CCCNC(=O)NCCC(C)C(=O)O. The number of carboxylic acid groups (broad SMARTS) is 1. The van der Waals surface area contributed by atoms with Crippen molar-refractivity contribution in [3.63, 3.8) is 0 Å². The first-order chi connectivity index (χ1) is 7.93. The quantitative estimate of drug-likeness (QED) is 0.570. The van der Waals surface area contributed by atoms with Gasteiger partial charge in [0.2, 0.25) is 0 Å². The van der Waals surface area contributed by atoms with E-state index in [1.807, 2.05) is 0 Å². The normalized spacial score (nSPS) is 12.2. The van der Waals surface area contributed by atoms with E-state index < -0.39 is 11.9 Å². The monoisotopic (exact) mass is 244 g/mol. The smallest absolute Gasteiger partial charge is 0.314 e. The molecule has 0 radical (unpaired) electrons. The van der Waals surface area contributed by atoms with E-state index in [2.05, 4.69) is 24.5 Å². The number of amides is 2. The van der Waals surface area contributed by atoms with E-state index in [4.69, 9.17) is 5.11 Å². The van der Waals surface area contributed by atoms with Crippen molar-refractivity contribution in [2.45, 2.75) is 40.0 Å². The van der Waals surface area contributed by atoms with E-state index in [1.54, 1.807) is 6.92 Å². The minimum atomic E-state index is -0.829. The van der Waals surface area contributed by atoms with Crippen molar-refractivity contribution in [2.24, 2.45) is 11.8 Å². The minimum Gasteiger partial charge on any atom is -0.481 e. The third kappa shape index (κ3) is 9.66. The van der Waals surface area contributed by atoms with Crippen LogP contribution in [0.15, 0.2) is 0 Å². The topological polar surface area (TPSA) is 78.4 Å². The van der Waals surface area contributed by atoms with Gasteiger partial charge in [0.1, 0.15) is 0 Å². The lowest BCUT2D eigenvalue weighted by atomic mass is 10.1. The molecule has 3 N–H and O–H groups in total. The summed E-state index contributed by atoms with van der Waals surface area (Å²) >= 11 is 0. The number of carboxylic acids is 1. The van der Waals surface area contributed by atoms with Gasteiger partial charge in [0, 0.05) is 13.1 Å². The first-order valence-corrected chi connectivity index (χ1v) is 6.18. The fourth-order valence-corrected chi connectivity index (χ4v) is 1.30. The Morgan fingerprint density at radius 1 is 1.06 bits per heavy atom. The Bertz CT molecular complexity index is 242. The summed E-state index contributed by atoms with van der Waals surface area (Å²) in [5, 5.41) is 14.0. The molecule has 5 nitrogen and oxygen atoms in total. The van der Waals surface area contributed by atoms with E-state index in [1.165, 1.54) is 0 Å². The Morgan fingerprint density at radius 3 is 2.18 bits per heavy atom. The molecule has 100 valence electrons. The maximum atomic E-state index is 11.3. The van der Waals surface area contributed by atoms with Gasteiger partial charge < -0.3 is 15.7 Å². The summed E-state index contributed by atoms with van der Waals surface area (Å²) in [5.41, 5.74) is 0. The molecule has 0 bridgehead atoms. The average Bonchev–Trinajstić information content (AvgIpc) is 2.23. The van der Waals surface area contributed by atoms with E-state index >= 15 is 0 Å². The highest BCUT2D eigenvalue weighted by atomic mass is 16.4. The number of hydrogen-bond acceptors (Lipinski definition) is 2. The Kier molecular flexibility index (Phi) is 8.19. The van der Waals surface area contributed by atoms with Crippen LogP contribution in [-0.4, -0.2) is 30.2 Å². The number of rotatable bonds is 8.